The number of amides is 4. The number of hydrogen-bond acceptors (Lipinski definition) is 6. The number of nitrogens with one attached hydrogen (secondary N) is 2. The molecule has 27 heavy (non-hydrogen) atoms. The summed E-state index contributed by atoms with van der Waals surface area (Å²) in [6.45, 7) is 1.56. The first kappa shape index (κ1) is 18.0. The topological polar surface area (TPSA) is 105 Å². The van der Waals surface area contributed by atoms with Crippen molar-refractivity contribution in [2.24, 2.45) is 11.8 Å². The van der Waals surface area contributed by atoms with E-state index in [1.807, 2.05) is 0 Å². The molecule has 4 amide bonds. The van der Waals surface area contributed by atoms with Crippen LogP contribution in [0.15, 0.2) is 11.4 Å². The van der Waals surface area contributed by atoms with Gasteiger partial charge in [0.25, 0.3) is 5.91 Å². The van der Waals surface area contributed by atoms with E-state index in [0.29, 0.717) is 5.00 Å². The van der Waals surface area contributed by atoms with Gasteiger partial charge in [-0.25, -0.2) is 9.59 Å². The van der Waals surface area contributed by atoms with Crippen molar-refractivity contribution in [3.8, 4) is 0 Å². The molecular weight excluding hydrogens is 370 g/mol. The standard InChI is InChI=1S/C18H21N3O5S/c1-2-26-15(23)12-7-8-27-14(12)19-13(22)9-21-16(24)18(10-3-4-10,11-5-6-11)20-17(21)25/h7-8,10-11H,2-6,9H2,1H3,(H,19,22)(H,20,25). The minimum atomic E-state index is -0.809. The highest BCUT2D eigenvalue weighted by Crippen LogP contribution is 2.54. The molecule has 4 rings (SSSR count). The Kier molecular flexibility index (Phi) is 4.41. The summed E-state index contributed by atoms with van der Waals surface area (Å²) in [6, 6.07) is 1.06. The second-order valence-electron chi connectivity index (χ2n) is 7.17. The maximum atomic E-state index is 13.0. The summed E-state index contributed by atoms with van der Waals surface area (Å²) >= 11 is 1.18. The van der Waals surface area contributed by atoms with Crippen LogP contribution >= 0.6 is 11.3 Å². The SMILES string of the molecule is CCOC(=O)c1ccsc1NC(=O)CN1C(=O)NC(C2CC2)(C2CC2)C1=O. The van der Waals surface area contributed by atoms with Gasteiger partial charge in [-0.1, -0.05) is 0 Å². The summed E-state index contributed by atoms with van der Waals surface area (Å²) < 4.78 is 4.96. The summed E-state index contributed by atoms with van der Waals surface area (Å²) in [7, 11) is 0. The number of urea groups is 1. The van der Waals surface area contributed by atoms with E-state index >= 15 is 0 Å². The monoisotopic (exact) mass is 391 g/mol. The number of rotatable bonds is 7. The number of hydrogen-bond donors (Lipinski definition) is 2. The van der Waals surface area contributed by atoms with Crippen LogP contribution in [0.3, 0.4) is 0 Å². The van der Waals surface area contributed by atoms with E-state index in [0.717, 1.165) is 30.6 Å². The third-order valence-corrected chi connectivity index (χ3v) is 6.15. The molecule has 3 fully saturated rings. The lowest BCUT2D eigenvalue weighted by Gasteiger charge is -2.26. The van der Waals surface area contributed by atoms with Crippen LogP contribution < -0.4 is 10.6 Å². The van der Waals surface area contributed by atoms with Gasteiger partial charge in [0, 0.05) is 0 Å². The Bertz CT molecular complexity index is 800. The van der Waals surface area contributed by atoms with Gasteiger partial charge in [-0.3, -0.25) is 14.5 Å². The predicted octanol–water partition coefficient (Wildman–Crippen LogP) is 1.97. The van der Waals surface area contributed by atoms with E-state index < -0.39 is 23.4 Å². The zero-order valence-corrected chi connectivity index (χ0v) is 15.8. The third kappa shape index (κ3) is 3.09. The fraction of sp³-hybridized carbons (Fsp3) is 0.556. The van der Waals surface area contributed by atoms with Gasteiger partial charge in [0.2, 0.25) is 5.91 Å². The molecule has 8 nitrogen and oxygen atoms in total. The van der Waals surface area contributed by atoms with Crippen LogP contribution in [0, 0.1) is 11.8 Å². The first-order valence-electron chi connectivity index (χ1n) is 9.16. The fourth-order valence-corrected chi connectivity index (χ4v) is 4.60. The van der Waals surface area contributed by atoms with E-state index in [2.05, 4.69) is 10.6 Å². The van der Waals surface area contributed by atoms with Gasteiger partial charge in [-0.15, -0.1) is 11.3 Å². The van der Waals surface area contributed by atoms with Crippen LogP contribution in [0.2, 0.25) is 0 Å². The molecule has 144 valence electrons. The summed E-state index contributed by atoms with van der Waals surface area (Å²) in [6.07, 6.45) is 3.72. The molecule has 1 aromatic rings. The average molecular weight is 391 g/mol. The van der Waals surface area contributed by atoms with Gasteiger partial charge in [0.1, 0.15) is 17.1 Å². The van der Waals surface area contributed by atoms with Crippen molar-refractivity contribution in [2.45, 2.75) is 38.1 Å². The van der Waals surface area contributed by atoms with E-state index in [-0.39, 0.29) is 36.5 Å². The molecule has 0 aromatic carbocycles. The molecular formula is C18H21N3O5S. The van der Waals surface area contributed by atoms with E-state index in [1.165, 1.54) is 11.3 Å². The summed E-state index contributed by atoms with van der Waals surface area (Å²) in [5.74, 6) is -0.965. The zero-order valence-electron chi connectivity index (χ0n) is 14.9. The first-order chi connectivity index (χ1) is 13.0. The summed E-state index contributed by atoms with van der Waals surface area (Å²) in [5.41, 5.74) is -0.547. The maximum Gasteiger partial charge on any atom is 0.341 e. The van der Waals surface area contributed by atoms with Crippen LogP contribution in [-0.4, -0.2) is 47.4 Å². The Labute approximate surface area is 160 Å². The number of nitrogens with zero attached hydrogens (tertiary/aromatic N) is 1. The number of imide groups is 1. The van der Waals surface area contributed by atoms with Gasteiger partial charge in [-0.2, -0.15) is 0 Å². The maximum absolute atomic E-state index is 13.0. The molecule has 0 radical (unpaired) electrons. The number of esters is 1. The molecule has 3 aliphatic rings. The van der Waals surface area contributed by atoms with Crippen LogP contribution in [0.5, 0.6) is 0 Å². The molecule has 1 aromatic heterocycles. The Balaban J connectivity index is 1.45. The van der Waals surface area contributed by atoms with Gasteiger partial charge in [0.05, 0.1) is 12.2 Å². The van der Waals surface area contributed by atoms with E-state index in [4.69, 9.17) is 4.74 Å². The Hall–Kier alpha value is -2.42. The highest BCUT2D eigenvalue weighted by Gasteiger charge is 2.65. The lowest BCUT2D eigenvalue weighted by Crippen LogP contribution is -2.51. The molecule has 0 bridgehead atoms. The second-order valence-corrected chi connectivity index (χ2v) is 8.09. The molecule has 0 atom stereocenters. The average Bonchev–Trinajstić information content (AvgIpc) is 3.55. The summed E-state index contributed by atoms with van der Waals surface area (Å²) in [5, 5.41) is 7.52. The Morgan fingerprint density at radius 1 is 1.30 bits per heavy atom. The highest BCUT2D eigenvalue weighted by molar-refractivity contribution is 7.14. The van der Waals surface area contributed by atoms with Crippen molar-refractivity contribution >= 4 is 40.2 Å². The number of thiophene rings is 1. The highest BCUT2D eigenvalue weighted by atomic mass is 32.1. The number of anilines is 1. The zero-order chi connectivity index (χ0) is 19.2. The van der Waals surface area contributed by atoms with E-state index in [9.17, 15) is 19.2 Å². The molecule has 0 unspecified atom stereocenters. The number of carbonyl (C=O) groups is 4. The van der Waals surface area contributed by atoms with Crippen molar-refractivity contribution in [1.82, 2.24) is 10.2 Å². The predicted molar refractivity (Wildman–Crippen MR) is 97.3 cm³/mol. The normalized spacial score (nSPS) is 21.1. The molecule has 2 heterocycles. The third-order valence-electron chi connectivity index (χ3n) is 5.32. The van der Waals surface area contributed by atoms with Crippen molar-refractivity contribution in [3.63, 3.8) is 0 Å². The van der Waals surface area contributed by atoms with Crippen molar-refractivity contribution in [1.29, 1.82) is 0 Å². The van der Waals surface area contributed by atoms with E-state index in [1.54, 1.807) is 18.4 Å². The lowest BCUT2D eigenvalue weighted by molar-refractivity contribution is -0.135. The minimum absolute atomic E-state index is 0.183. The van der Waals surface area contributed by atoms with Crippen molar-refractivity contribution in [2.75, 3.05) is 18.5 Å². The molecule has 0 spiro atoms. The van der Waals surface area contributed by atoms with Gasteiger partial charge < -0.3 is 15.4 Å². The smallest absolute Gasteiger partial charge is 0.341 e. The molecule has 2 aliphatic carbocycles. The minimum Gasteiger partial charge on any atom is -0.462 e. The Morgan fingerprint density at radius 3 is 2.56 bits per heavy atom. The van der Waals surface area contributed by atoms with Gasteiger partial charge in [0.15, 0.2) is 0 Å². The molecule has 2 saturated carbocycles. The molecule has 1 saturated heterocycles. The van der Waals surface area contributed by atoms with Crippen LogP contribution in [0.4, 0.5) is 9.80 Å². The number of carbonyl (C=O) groups excluding carboxylic acids is 4. The Morgan fingerprint density at radius 2 is 1.96 bits per heavy atom. The first-order valence-corrected chi connectivity index (χ1v) is 10.0. The van der Waals surface area contributed by atoms with Crippen molar-refractivity contribution < 1.29 is 23.9 Å². The van der Waals surface area contributed by atoms with Crippen LogP contribution in [0.25, 0.3) is 0 Å². The molecule has 9 heteroatoms. The second kappa shape index (κ2) is 6.63. The van der Waals surface area contributed by atoms with Crippen molar-refractivity contribution in [3.05, 3.63) is 17.0 Å². The fourth-order valence-electron chi connectivity index (χ4n) is 3.81. The van der Waals surface area contributed by atoms with Crippen LogP contribution in [0.1, 0.15) is 43.0 Å². The quantitative estimate of drug-likeness (QED) is 0.546. The van der Waals surface area contributed by atoms with Gasteiger partial charge >= 0.3 is 12.0 Å². The summed E-state index contributed by atoms with van der Waals surface area (Å²) in [4.78, 5) is 50.8. The van der Waals surface area contributed by atoms with Gasteiger partial charge in [-0.05, 0) is 55.9 Å². The largest absolute Gasteiger partial charge is 0.462 e. The lowest BCUT2D eigenvalue weighted by atomic mass is 9.87. The van der Waals surface area contributed by atoms with Crippen LogP contribution in [-0.2, 0) is 14.3 Å². The molecule has 1 aliphatic heterocycles. The molecule has 2 N–H and O–H groups in total. The number of ether oxygens (including phenoxy) is 1.